The number of Topliss-reactive ketones (excluding diaryl/α,β-unsaturated/α-hetero) is 1. The fraction of sp³-hybridized carbons (Fsp3) is 0.500. The van der Waals surface area contributed by atoms with Gasteiger partial charge >= 0.3 is 5.97 Å². The lowest BCUT2D eigenvalue weighted by Gasteiger charge is -2.21. The third kappa shape index (κ3) is 4.73. The Morgan fingerprint density at radius 3 is 2.41 bits per heavy atom. The lowest BCUT2D eigenvalue weighted by atomic mass is 10.00. The van der Waals surface area contributed by atoms with E-state index in [4.69, 9.17) is 10.5 Å². The molecule has 0 saturated carbocycles. The van der Waals surface area contributed by atoms with Crippen molar-refractivity contribution < 1.29 is 19.4 Å². The molecule has 4 N–H and O–H groups in total. The maximum atomic E-state index is 12.4. The van der Waals surface area contributed by atoms with E-state index in [0.717, 1.165) is 0 Å². The molecule has 122 valence electrons. The highest BCUT2D eigenvalue weighted by molar-refractivity contribution is 6.01. The fourth-order valence-electron chi connectivity index (χ4n) is 2.23. The first kappa shape index (κ1) is 18.0. The second-order valence-corrected chi connectivity index (χ2v) is 5.73. The molecule has 0 spiro atoms. The van der Waals surface area contributed by atoms with Gasteiger partial charge in [-0.25, -0.2) is 0 Å². The number of benzene rings is 1. The normalized spacial score (nSPS) is 13.7. The molecule has 0 bridgehead atoms. The minimum atomic E-state index is -0.956. The Kier molecular flexibility index (Phi) is 6.37. The first-order valence-corrected chi connectivity index (χ1v) is 7.22. The van der Waals surface area contributed by atoms with Gasteiger partial charge in [0.2, 0.25) is 0 Å². The summed E-state index contributed by atoms with van der Waals surface area (Å²) in [6.07, 6.45) is 0.456. The van der Waals surface area contributed by atoms with E-state index in [1.807, 2.05) is 13.8 Å². The molecule has 0 aromatic heterocycles. The predicted octanol–water partition coefficient (Wildman–Crippen LogP) is 1.94. The van der Waals surface area contributed by atoms with Crippen LogP contribution in [-0.2, 0) is 4.79 Å². The smallest absolute Gasteiger partial charge is 0.320 e. The maximum absolute atomic E-state index is 12.4. The molecule has 1 aromatic carbocycles. The number of carbonyl (C=O) groups is 2. The van der Waals surface area contributed by atoms with Crippen molar-refractivity contribution in [3.8, 4) is 5.75 Å². The zero-order valence-electron chi connectivity index (χ0n) is 13.4. The number of nitrogen functional groups attached to an aromatic ring is 1. The third-order valence-electron chi connectivity index (χ3n) is 3.36. The molecule has 0 amide bonds. The van der Waals surface area contributed by atoms with Crippen LogP contribution < -0.4 is 15.8 Å². The SMILES string of the molecule is COc1ccc(C(=O)C(C)NC(CC(C)C)C(=O)O)cc1N. The van der Waals surface area contributed by atoms with E-state index in [0.29, 0.717) is 23.4 Å². The van der Waals surface area contributed by atoms with E-state index in [9.17, 15) is 14.7 Å². The number of carbonyl (C=O) groups excluding carboxylic acids is 1. The van der Waals surface area contributed by atoms with E-state index in [1.54, 1.807) is 19.1 Å². The second kappa shape index (κ2) is 7.79. The van der Waals surface area contributed by atoms with Crippen molar-refractivity contribution in [2.75, 3.05) is 12.8 Å². The molecule has 2 unspecified atom stereocenters. The Labute approximate surface area is 130 Å². The summed E-state index contributed by atoms with van der Waals surface area (Å²) >= 11 is 0. The number of ether oxygens (including phenoxy) is 1. The summed E-state index contributed by atoms with van der Waals surface area (Å²) < 4.78 is 5.05. The Hall–Kier alpha value is -2.08. The average Bonchev–Trinajstić information content (AvgIpc) is 2.44. The fourth-order valence-corrected chi connectivity index (χ4v) is 2.23. The molecule has 1 rings (SSSR count). The van der Waals surface area contributed by atoms with Crippen LogP contribution >= 0.6 is 0 Å². The van der Waals surface area contributed by atoms with E-state index in [-0.39, 0.29) is 11.7 Å². The van der Waals surface area contributed by atoms with E-state index >= 15 is 0 Å². The van der Waals surface area contributed by atoms with Crippen LogP contribution in [-0.4, -0.2) is 36.1 Å². The zero-order chi connectivity index (χ0) is 16.9. The molecule has 0 aliphatic rings. The molecular formula is C16H24N2O4. The van der Waals surface area contributed by atoms with Crippen LogP contribution in [0.25, 0.3) is 0 Å². The highest BCUT2D eigenvalue weighted by Gasteiger charge is 2.24. The molecule has 22 heavy (non-hydrogen) atoms. The summed E-state index contributed by atoms with van der Waals surface area (Å²) in [5.74, 6) is -0.445. The second-order valence-electron chi connectivity index (χ2n) is 5.73. The van der Waals surface area contributed by atoms with Crippen molar-refractivity contribution in [3.05, 3.63) is 23.8 Å². The summed E-state index contributed by atoms with van der Waals surface area (Å²) in [6, 6.07) is 3.41. The quantitative estimate of drug-likeness (QED) is 0.501. The van der Waals surface area contributed by atoms with Crippen LogP contribution in [0.1, 0.15) is 37.6 Å². The van der Waals surface area contributed by atoms with Crippen molar-refractivity contribution >= 4 is 17.4 Å². The molecule has 0 aliphatic heterocycles. The van der Waals surface area contributed by atoms with Gasteiger partial charge in [0.25, 0.3) is 0 Å². The van der Waals surface area contributed by atoms with Gasteiger partial charge < -0.3 is 15.6 Å². The van der Waals surface area contributed by atoms with Crippen molar-refractivity contribution in [3.63, 3.8) is 0 Å². The number of hydrogen-bond acceptors (Lipinski definition) is 5. The lowest BCUT2D eigenvalue weighted by molar-refractivity contribution is -0.140. The average molecular weight is 308 g/mol. The summed E-state index contributed by atoms with van der Waals surface area (Å²) in [6.45, 7) is 5.53. The highest BCUT2D eigenvalue weighted by Crippen LogP contribution is 2.22. The minimum Gasteiger partial charge on any atom is -0.495 e. The van der Waals surface area contributed by atoms with Crippen molar-refractivity contribution in [2.45, 2.75) is 39.3 Å². The van der Waals surface area contributed by atoms with Crippen molar-refractivity contribution in [1.82, 2.24) is 5.32 Å². The number of hydrogen-bond donors (Lipinski definition) is 3. The predicted molar refractivity (Wildman–Crippen MR) is 85.2 cm³/mol. The Balaban J connectivity index is 2.83. The van der Waals surface area contributed by atoms with Gasteiger partial charge in [-0.3, -0.25) is 14.9 Å². The first-order valence-electron chi connectivity index (χ1n) is 7.22. The van der Waals surface area contributed by atoms with Crippen LogP contribution in [0.4, 0.5) is 5.69 Å². The molecule has 0 saturated heterocycles. The zero-order valence-corrected chi connectivity index (χ0v) is 13.4. The summed E-state index contributed by atoms with van der Waals surface area (Å²) in [7, 11) is 1.50. The summed E-state index contributed by atoms with van der Waals surface area (Å²) in [5, 5.41) is 12.1. The molecule has 0 radical (unpaired) electrons. The van der Waals surface area contributed by atoms with Crippen LogP contribution in [0.5, 0.6) is 5.75 Å². The van der Waals surface area contributed by atoms with Crippen LogP contribution in [0.2, 0.25) is 0 Å². The number of nitrogens with two attached hydrogens (primary N) is 1. The van der Waals surface area contributed by atoms with Gasteiger partial charge in [-0.05, 0) is 37.5 Å². The first-order chi connectivity index (χ1) is 10.3. The van der Waals surface area contributed by atoms with Gasteiger partial charge in [0, 0.05) is 5.56 Å². The van der Waals surface area contributed by atoms with E-state index in [1.165, 1.54) is 13.2 Å². The third-order valence-corrected chi connectivity index (χ3v) is 3.36. The van der Waals surface area contributed by atoms with Gasteiger partial charge in [-0.15, -0.1) is 0 Å². The standard InChI is InChI=1S/C16H24N2O4/c1-9(2)7-13(16(20)21)18-10(3)15(19)11-5-6-14(22-4)12(17)8-11/h5-6,8-10,13,18H,7,17H2,1-4H3,(H,20,21). The highest BCUT2D eigenvalue weighted by atomic mass is 16.5. The van der Waals surface area contributed by atoms with E-state index in [2.05, 4.69) is 5.32 Å². The Morgan fingerprint density at radius 1 is 1.32 bits per heavy atom. The lowest BCUT2D eigenvalue weighted by Crippen LogP contribution is -2.46. The number of methoxy groups -OCH3 is 1. The van der Waals surface area contributed by atoms with Gasteiger partial charge in [-0.2, -0.15) is 0 Å². The van der Waals surface area contributed by atoms with Crippen molar-refractivity contribution in [1.29, 1.82) is 0 Å². The largest absolute Gasteiger partial charge is 0.495 e. The van der Waals surface area contributed by atoms with Gasteiger partial charge in [0.05, 0.1) is 18.8 Å². The molecule has 6 heteroatoms. The molecule has 0 aliphatic carbocycles. The summed E-state index contributed by atoms with van der Waals surface area (Å²) in [4.78, 5) is 23.6. The maximum Gasteiger partial charge on any atom is 0.320 e. The molecule has 0 fully saturated rings. The van der Waals surface area contributed by atoms with Crippen LogP contribution in [0, 0.1) is 5.92 Å². The molecule has 1 aromatic rings. The number of carboxylic acids is 1. The minimum absolute atomic E-state index is 0.204. The number of aliphatic carboxylic acids is 1. The molecule has 2 atom stereocenters. The monoisotopic (exact) mass is 308 g/mol. The molecular weight excluding hydrogens is 284 g/mol. The van der Waals surface area contributed by atoms with Gasteiger partial charge in [0.1, 0.15) is 11.8 Å². The topological polar surface area (TPSA) is 102 Å². The Morgan fingerprint density at radius 2 is 1.95 bits per heavy atom. The number of anilines is 1. The Bertz CT molecular complexity index is 543. The molecule has 0 heterocycles. The van der Waals surface area contributed by atoms with Crippen LogP contribution in [0.15, 0.2) is 18.2 Å². The number of nitrogens with one attached hydrogen (secondary N) is 1. The van der Waals surface area contributed by atoms with Gasteiger partial charge in [-0.1, -0.05) is 13.8 Å². The number of ketones is 1. The van der Waals surface area contributed by atoms with Crippen LogP contribution in [0.3, 0.4) is 0 Å². The number of rotatable bonds is 8. The number of carboxylic acid groups (broad SMARTS) is 1. The molecule has 6 nitrogen and oxygen atoms in total. The van der Waals surface area contributed by atoms with E-state index < -0.39 is 18.1 Å². The van der Waals surface area contributed by atoms with Gasteiger partial charge in [0.15, 0.2) is 5.78 Å². The van der Waals surface area contributed by atoms with Crippen molar-refractivity contribution in [2.24, 2.45) is 5.92 Å². The summed E-state index contributed by atoms with van der Waals surface area (Å²) in [5.41, 5.74) is 6.59.